The fourth-order valence-corrected chi connectivity index (χ4v) is 2.20. The highest BCUT2D eigenvalue weighted by Gasteiger charge is 2.03. The lowest BCUT2D eigenvalue weighted by Gasteiger charge is -2.08. The normalized spacial score (nSPS) is 10.4. The minimum absolute atomic E-state index is 0.431. The molecule has 24 heavy (non-hydrogen) atoms. The molecule has 0 aromatic heterocycles. The van der Waals surface area contributed by atoms with Crippen molar-refractivity contribution in [2.24, 2.45) is 5.10 Å². The van der Waals surface area contributed by atoms with Crippen LogP contribution in [0.5, 0.6) is 5.75 Å². The molecule has 0 spiro atoms. The van der Waals surface area contributed by atoms with Crippen molar-refractivity contribution in [3.05, 3.63) is 77.3 Å². The summed E-state index contributed by atoms with van der Waals surface area (Å²) in [5.74, 6) is 0.633. The van der Waals surface area contributed by atoms with Crippen LogP contribution in [0, 0.1) is 0 Å². The van der Waals surface area contributed by atoms with E-state index in [4.69, 9.17) is 28.6 Å². The molecular weight excluding hydrogens is 342 g/mol. The smallest absolute Gasteiger partial charge is 0.187 e. The number of halogens is 1. The molecular formula is C18H18ClN3OS. The second-order valence-electron chi connectivity index (χ2n) is 4.83. The van der Waals surface area contributed by atoms with Crippen molar-refractivity contribution >= 4 is 35.1 Å². The number of nitrogens with zero attached hydrogens (tertiary/aromatic N) is 1. The van der Waals surface area contributed by atoms with Crippen LogP contribution in [0.2, 0.25) is 5.02 Å². The van der Waals surface area contributed by atoms with Gasteiger partial charge in [0.05, 0.1) is 11.2 Å². The molecule has 0 aliphatic rings. The first kappa shape index (κ1) is 18.0. The number of nitrogens with one attached hydrogen (secondary N) is 2. The minimum atomic E-state index is 0.431. The lowest BCUT2D eigenvalue weighted by Crippen LogP contribution is -2.31. The van der Waals surface area contributed by atoms with Gasteiger partial charge in [-0.05, 0) is 41.5 Å². The molecule has 0 saturated heterocycles. The van der Waals surface area contributed by atoms with E-state index in [9.17, 15) is 0 Å². The third-order valence-corrected chi connectivity index (χ3v) is 3.51. The maximum absolute atomic E-state index is 6.25. The predicted molar refractivity (Wildman–Crippen MR) is 104 cm³/mol. The van der Waals surface area contributed by atoms with Crippen LogP contribution < -0.4 is 15.5 Å². The van der Waals surface area contributed by atoms with E-state index in [0.29, 0.717) is 29.0 Å². The molecule has 0 fully saturated rings. The van der Waals surface area contributed by atoms with Crippen molar-refractivity contribution in [1.82, 2.24) is 10.7 Å². The van der Waals surface area contributed by atoms with Gasteiger partial charge in [0.1, 0.15) is 12.4 Å². The summed E-state index contributed by atoms with van der Waals surface area (Å²) in [5.41, 5.74) is 4.64. The Labute approximate surface area is 152 Å². The Bertz CT molecular complexity index is 719. The molecule has 4 nitrogen and oxygen atoms in total. The van der Waals surface area contributed by atoms with E-state index < -0.39 is 0 Å². The highest BCUT2D eigenvalue weighted by atomic mass is 35.5. The second-order valence-corrected chi connectivity index (χ2v) is 5.65. The topological polar surface area (TPSA) is 45.7 Å². The monoisotopic (exact) mass is 359 g/mol. The van der Waals surface area contributed by atoms with Gasteiger partial charge in [-0.2, -0.15) is 5.10 Å². The lowest BCUT2D eigenvalue weighted by atomic mass is 10.2. The van der Waals surface area contributed by atoms with Gasteiger partial charge < -0.3 is 10.1 Å². The molecule has 0 saturated carbocycles. The highest BCUT2D eigenvalue weighted by molar-refractivity contribution is 7.80. The van der Waals surface area contributed by atoms with E-state index in [1.807, 2.05) is 42.5 Å². The summed E-state index contributed by atoms with van der Waals surface area (Å²) >= 11 is 11.3. The van der Waals surface area contributed by atoms with Crippen LogP contribution in [0.15, 0.2) is 66.3 Å². The Hall–Kier alpha value is -2.37. The van der Waals surface area contributed by atoms with E-state index in [1.165, 1.54) is 0 Å². The largest absolute Gasteiger partial charge is 0.487 e. The van der Waals surface area contributed by atoms with E-state index in [-0.39, 0.29) is 0 Å². The Kier molecular flexibility index (Phi) is 7.26. The number of hydrogen-bond donors (Lipinski definition) is 2. The van der Waals surface area contributed by atoms with Gasteiger partial charge in [-0.25, -0.2) is 0 Å². The molecule has 0 aliphatic heterocycles. The molecule has 2 rings (SSSR count). The molecule has 0 unspecified atom stereocenters. The molecule has 0 bridgehead atoms. The number of rotatable bonds is 7. The third kappa shape index (κ3) is 6.02. The SMILES string of the molecule is C=CCNC(=S)N/N=C/c1ccc(OCc2ccccc2)c(Cl)c1. The maximum Gasteiger partial charge on any atom is 0.187 e. The summed E-state index contributed by atoms with van der Waals surface area (Å²) in [4.78, 5) is 0. The average molecular weight is 360 g/mol. The van der Waals surface area contributed by atoms with Crippen molar-refractivity contribution in [2.45, 2.75) is 6.61 Å². The summed E-state index contributed by atoms with van der Waals surface area (Å²) < 4.78 is 5.73. The van der Waals surface area contributed by atoms with Crippen LogP contribution in [0.3, 0.4) is 0 Å². The first-order chi connectivity index (χ1) is 11.7. The summed E-state index contributed by atoms with van der Waals surface area (Å²) in [7, 11) is 0. The summed E-state index contributed by atoms with van der Waals surface area (Å²) in [6, 6.07) is 15.4. The van der Waals surface area contributed by atoms with Crippen LogP contribution in [0.25, 0.3) is 0 Å². The minimum Gasteiger partial charge on any atom is -0.487 e. The number of ether oxygens (including phenoxy) is 1. The number of thiocarbonyl (C=S) groups is 1. The van der Waals surface area contributed by atoms with Crippen LogP contribution in [0.1, 0.15) is 11.1 Å². The fourth-order valence-electron chi connectivity index (χ4n) is 1.82. The van der Waals surface area contributed by atoms with Gasteiger partial charge in [-0.15, -0.1) is 6.58 Å². The quantitative estimate of drug-likeness (QED) is 0.340. The molecule has 2 aromatic rings. The molecule has 0 amide bonds. The van der Waals surface area contributed by atoms with Crippen molar-refractivity contribution in [3.8, 4) is 5.75 Å². The van der Waals surface area contributed by atoms with Gasteiger partial charge in [-0.3, -0.25) is 5.43 Å². The van der Waals surface area contributed by atoms with E-state index >= 15 is 0 Å². The van der Waals surface area contributed by atoms with Crippen LogP contribution in [-0.2, 0) is 6.61 Å². The van der Waals surface area contributed by atoms with Gasteiger partial charge in [-0.1, -0.05) is 48.0 Å². The molecule has 0 aliphatic carbocycles. The first-order valence-electron chi connectivity index (χ1n) is 7.33. The van der Waals surface area contributed by atoms with Gasteiger partial charge in [0.2, 0.25) is 0 Å². The predicted octanol–water partition coefficient (Wildman–Crippen LogP) is 3.90. The zero-order valence-electron chi connectivity index (χ0n) is 13.0. The third-order valence-electron chi connectivity index (χ3n) is 2.98. The van der Waals surface area contributed by atoms with Crippen molar-refractivity contribution < 1.29 is 4.74 Å². The fraction of sp³-hybridized carbons (Fsp3) is 0.111. The lowest BCUT2D eigenvalue weighted by molar-refractivity contribution is 0.306. The zero-order chi connectivity index (χ0) is 17.2. The number of benzene rings is 2. The van der Waals surface area contributed by atoms with E-state index in [2.05, 4.69) is 22.4 Å². The summed E-state index contributed by atoms with van der Waals surface area (Å²) in [5, 5.41) is 7.92. The first-order valence-corrected chi connectivity index (χ1v) is 8.11. The Morgan fingerprint density at radius 3 is 2.75 bits per heavy atom. The van der Waals surface area contributed by atoms with Gasteiger partial charge in [0.25, 0.3) is 0 Å². The van der Waals surface area contributed by atoms with Crippen LogP contribution in [-0.4, -0.2) is 17.9 Å². The molecule has 0 atom stereocenters. The van der Waals surface area contributed by atoms with Gasteiger partial charge >= 0.3 is 0 Å². The van der Waals surface area contributed by atoms with Crippen molar-refractivity contribution in [1.29, 1.82) is 0 Å². The average Bonchev–Trinajstić information content (AvgIpc) is 2.60. The molecule has 6 heteroatoms. The molecule has 0 radical (unpaired) electrons. The van der Waals surface area contributed by atoms with Crippen molar-refractivity contribution in [3.63, 3.8) is 0 Å². The van der Waals surface area contributed by atoms with E-state index in [0.717, 1.165) is 11.1 Å². The van der Waals surface area contributed by atoms with Crippen molar-refractivity contribution in [2.75, 3.05) is 6.54 Å². The highest BCUT2D eigenvalue weighted by Crippen LogP contribution is 2.25. The Balaban J connectivity index is 1.89. The Morgan fingerprint density at radius 1 is 1.25 bits per heavy atom. The Morgan fingerprint density at radius 2 is 2.04 bits per heavy atom. The number of hydrazone groups is 1. The molecule has 2 aromatic carbocycles. The van der Waals surface area contributed by atoms with Gasteiger partial charge in [0.15, 0.2) is 5.11 Å². The standard InChI is InChI=1S/C18H18ClN3OS/c1-2-10-20-18(24)22-21-12-15-8-9-17(16(19)11-15)23-13-14-6-4-3-5-7-14/h2-9,11-12H,1,10,13H2,(H2,20,22,24)/b21-12+. The molecule has 0 heterocycles. The molecule has 2 N–H and O–H groups in total. The molecule has 124 valence electrons. The van der Waals surface area contributed by atoms with Gasteiger partial charge in [0, 0.05) is 6.54 Å². The zero-order valence-corrected chi connectivity index (χ0v) is 14.6. The van der Waals surface area contributed by atoms with Crippen LogP contribution in [0.4, 0.5) is 0 Å². The summed E-state index contributed by atoms with van der Waals surface area (Å²) in [6.07, 6.45) is 3.35. The second kappa shape index (κ2) is 9.70. The number of hydrogen-bond acceptors (Lipinski definition) is 3. The summed E-state index contributed by atoms with van der Waals surface area (Å²) in [6.45, 7) is 4.65. The van der Waals surface area contributed by atoms with E-state index in [1.54, 1.807) is 18.4 Å². The maximum atomic E-state index is 6.25. The van der Waals surface area contributed by atoms with Crippen LogP contribution >= 0.6 is 23.8 Å².